The third-order valence-corrected chi connectivity index (χ3v) is 9.28. The Bertz CT molecular complexity index is 1180. The van der Waals surface area contributed by atoms with Gasteiger partial charge in [0.2, 0.25) is 7.57 Å². The van der Waals surface area contributed by atoms with E-state index in [1.165, 1.54) is 13.1 Å². The van der Waals surface area contributed by atoms with E-state index in [0.717, 1.165) is 4.57 Å². The largest absolute Gasteiger partial charge is 0.381 e. The lowest BCUT2D eigenvalue weighted by Gasteiger charge is -2.23. The number of aromatic amines is 1. The van der Waals surface area contributed by atoms with Gasteiger partial charge in [0.15, 0.2) is 0 Å². The smallest absolute Gasteiger partial charge is 0.352 e. The van der Waals surface area contributed by atoms with E-state index >= 15 is 0 Å². The van der Waals surface area contributed by atoms with Crippen LogP contribution < -0.4 is 11.2 Å². The van der Waals surface area contributed by atoms with Gasteiger partial charge in [0.1, 0.15) is 6.23 Å². The lowest BCUT2D eigenvalue weighted by molar-refractivity contribution is -0.0231. The monoisotopic (exact) mass is 517 g/mol. The Morgan fingerprint density at radius 1 is 1.44 bits per heavy atom. The summed E-state index contributed by atoms with van der Waals surface area (Å²) in [6.45, 7) is 0.595. The number of alkyl halides is 1. The fraction of sp³-hybridized carbons (Fsp3) is 0.636. The van der Waals surface area contributed by atoms with Crippen molar-refractivity contribution in [2.45, 2.75) is 37.4 Å². The van der Waals surface area contributed by atoms with Gasteiger partial charge in [-0.25, -0.2) is 13.5 Å². The van der Waals surface area contributed by atoms with E-state index in [4.69, 9.17) is 27.6 Å². The number of azide groups is 1. The first-order valence-electron chi connectivity index (χ1n) is 8.35. The van der Waals surface area contributed by atoms with Gasteiger partial charge < -0.3 is 23.9 Å². The fourth-order valence-electron chi connectivity index (χ4n) is 2.62. The summed E-state index contributed by atoms with van der Waals surface area (Å²) in [7, 11) is -11.6. The normalized spacial score (nSPS) is 26.0. The highest BCUT2D eigenvalue weighted by Gasteiger charge is 2.49. The molecule has 0 spiro atoms. The third kappa shape index (κ3) is 6.49. The number of H-pyrrole nitrogens is 1. The van der Waals surface area contributed by atoms with E-state index in [9.17, 15) is 32.6 Å². The van der Waals surface area contributed by atoms with Crippen molar-refractivity contribution in [3.05, 3.63) is 43.0 Å². The second-order valence-corrected chi connectivity index (χ2v) is 12.1. The maximum absolute atomic E-state index is 13.5. The number of halogens is 1. The zero-order chi connectivity index (χ0) is 24.5. The number of ether oxygens (including phenoxy) is 1. The SMILES string of the molecule is [B]P(=O)(OC[C@@H]1O[C@H](n2cc(C)c(=O)[nH]c2=O)C[C@H]1N=[N+]=[N-])OP(=O)(O)C(F)P(=O)(O)O. The van der Waals surface area contributed by atoms with Gasteiger partial charge in [0, 0.05) is 23.1 Å². The van der Waals surface area contributed by atoms with E-state index in [1.807, 2.05) is 4.98 Å². The van der Waals surface area contributed by atoms with Crippen LogP contribution in [0.4, 0.5) is 4.39 Å². The molecule has 1 aliphatic heterocycles. The van der Waals surface area contributed by atoms with Crippen LogP contribution in [0.1, 0.15) is 18.2 Å². The summed E-state index contributed by atoms with van der Waals surface area (Å²) < 4.78 is 63.1. The quantitative estimate of drug-likeness (QED) is 0.117. The van der Waals surface area contributed by atoms with Crippen LogP contribution in [0.3, 0.4) is 0 Å². The van der Waals surface area contributed by atoms with Crippen molar-refractivity contribution in [3.8, 4) is 0 Å². The Hall–Kier alpha value is -1.57. The molecule has 0 saturated carbocycles. The van der Waals surface area contributed by atoms with Gasteiger partial charge in [-0.05, 0) is 12.5 Å². The highest BCUT2D eigenvalue weighted by atomic mass is 31.3. The Morgan fingerprint density at radius 2 is 2.06 bits per heavy atom. The van der Waals surface area contributed by atoms with Crippen molar-refractivity contribution in [1.29, 1.82) is 0 Å². The van der Waals surface area contributed by atoms with E-state index in [-0.39, 0.29) is 12.0 Å². The zero-order valence-corrected chi connectivity index (χ0v) is 18.7. The van der Waals surface area contributed by atoms with Gasteiger partial charge in [0.25, 0.3) is 18.7 Å². The highest BCUT2D eigenvalue weighted by molar-refractivity contribution is 7.85. The van der Waals surface area contributed by atoms with E-state index in [2.05, 4.69) is 18.9 Å². The number of hydrogen-bond donors (Lipinski definition) is 4. The Kier molecular flexibility index (Phi) is 8.12. The van der Waals surface area contributed by atoms with Crippen LogP contribution in [0.2, 0.25) is 0 Å². The van der Waals surface area contributed by atoms with Crippen LogP contribution in [0.25, 0.3) is 10.4 Å². The molecule has 1 aliphatic rings. The van der Waals surface area contributed by atoms with Crippen LogP contribution in [0, 0.1) is 6.92 Å². The predicted molar refractivity (Wildman–Crippen MR) is 105 cm³/mol. The minimum Gasteiger partial charge on any atom is -0.352 e. The molecule has 1 saturated heterocycles. The predicted octanol–water partition coefficient (Wildman–Crippen LogP) is 0.737. The Balaban J connectivity index is 2.16. The molecule has 21 heteroatoms. The van der Waals surface area contributed by atoms with Crippen molar-refractivity contribution in [2.75, 3.05) is 6.61 Å². The second-order valence-electron chi connectivity index (χ2n) is 6.50. The molecule has 3 unspecified atom stereocenters. The summed E-state index contributed by atoms with van der Waals surface area (Å²) in [5, 5.41) is 3.44. The standard InChI is InChI=1S/C11H16BFN5O11P3/c1-5-3-18(11(20)15-9(5)19)8-2-6(16-17-14)7(28-8)4-27-32(12,26)29-31(24,25)10(13)30(21,22)23/h3,6-8,10H,2,4H2,1H3,(H,24,25)(H,15,19,20)(H2,21,22,23)/t6-,7+,8+,10?,32?/m1/s1. The van der Waals surface area contributed by atoms with Crippen molar-refractivity contribution in [2.24, 2.45) is 5.11 Å². The number of aromatic nitrogens is 2. The van der Waals surface area contributed by atoms with Crippen LogP contribution in [-0.4, -0.2) is 56.2 Å². The molecule has 16 nitrogen and oxygen atoms in total. The van der Waals surface area contributed by atoms with Crippen LogP contribution >= 0.6 is 22.7 Å². The zero-order valence-electron chi connectivity index (χ0n) is 16.0. The number of aryl methyl sites for hydroxylation is 1. The van der Waals surface area contributed by atoms with Crippen molar-refractivity contribution >= 4 is 30.2 Å². The summed E-state index contributed by atoms with van der Waals surface area (Å²) in [6.07, 6.45) is -1.24. The molecule has 2 radical (unpaired) electrons. The van der Waals surface area contributed by atoms with Gasteiger partial charge in [-0.2, -0.15) is 0 Å². The fourth-order valence-corrected chi connectivity index (χ4v) is 6.68. The van der Waals surface area contributed by atoms with Gasteiger partial charge in [0.05, 0.1) is 18.8 Å². The molecule has 2 heterocycles. The topological polar surface area (TPSA) is 243 Å². The summed E-state index contributed by atoms with van der Waals surface area (Å²) in [4.78, 5) is 54.8. The van der Waals surface area contributed by atoms with Crippen LogP contribution in [-0.2, 0) is 27.3 Å². The molecule has 0 amide bonds. The van der Waals surface area contributed by atoms with E-state index < -0.39 is 64.5 Å². The molecule has 1 aromatic heterocycles. The van der Waals surface area contributed by atoms with Crippen molar-refractivity contribution in [1.82, 2.24) is 9.55 Å². The maximum atomic E-state index is 13.5. The molecular formula is C11H16BFN5O11P3. The second kappa shape index (κ2) is 9.74. The first-order chi connectivity index (χ1) is 14.6. The minimum absolute atomic E-state index is 0.109. The Labute approximate surface area is 178 Å². The molecule has 4 N–H and O–H groups in total. The molecule has 0 aliphatic carbocycles. The Morgan fingerprint density at radius 3 is 2.62 bits per heavy atom. The van der Waals surface area contributed by atoms with Gasteiger partial charge >= 0.3 is 20.9 Å². The highest BCUT2D eigenvalue weighted by Crippen LogP contribution is 2.70. The maximum Gasteiger partial charge on any atom is 0.381 e. The first kappa shape index (κ1) is 26.7. The molecular weight excluding hydrogens is 501 g/mol. The lowest BCUT2D eigenvalue weighted by atomic mass is 10.1. The number of rotatable bonds is 9. The third-order valence-electron chi connectivity index (χ3n) is 4.06. The van der Waals surface area contributed by atoms with E-state index in [0.29, 0.717) is 0 Å². The molecule has 176 valence electrons. The van der Waals surface area contributed by atoms with E-state index in [1.54, 1.807) is 0 Å². The summed E-state index contributed by atoms with van der Waals surface area (Å²) >= 11 is 0. The van der Waals surface area contributed by atoms with Crippen LogP contribution in [0.5, 0.6) is 0 Å². The minimum atomic E-state index is -5.84. The van der Waals surface area contributed by atoms with Gasteiger partial charge in [-0.3, -0.25) is 28.0 Å². The molecule has 32 heavy (non-hydrogen) atoms. The number of hydrogen-bond acceptors (Lipinski definition) is 9. The van der Waals surface area contributed by atoms with Crippen LogP contribution in [0.15, 0.2) is 20.9 Å². The molecule has 6 atom stereocenters. The lowest BCUT2D eigenvalue weighted by Crippen LogP contribution is -2.33. The molecule has 1 aromatic rings. The number of nitrogens with one attached hydrogen (secondary N) is 1. The van der Waals surface area contributed by atoms with Crippen molar-refractivity contribution in [3.63, 3.8) is 0 Å². The molecule has 0 aromatic carbocycles. The summed E-state index contributed by atoms with van der Waals surface area (Å²) in [6, 6.07) is -1.03. The van der Waals surface area contributed by atoms with Gasteiger partial charge in [-0.1, -0.05) is 5.11 Å². The average Bonchev–Trinajstić information content (AvgIpc) is 3.04. The molecule has 2 rings (SSSR count). The van der Waals surface area contributed by atoms with Crippen molar-refractivity contribution < 1.29 is 46.3 Å². The summed E-state index contributed by atoms with van der Waals surface area (Å²) in [5.74, 6) is 0. The van der Waals surface area contributed by atoms with Gasteiger partial charge in [-0.15, -0.1) is 0 Å². The number of nitrogens with zero attached hydrogens (tertiary/aromatic N) is 4. The molecule has 1 fully saturated rings. The first-order valence-corrected chi connectivity index (χ1v) is 13.3. The molecule has 0 bridgehead atoms. The average molecular weight is 517 g/mol. The summed E-state index contributed by atoms with van der Waals surface area (Å²) in [5.41, 5.74) is 3.67.